The fraction of sp³-hybridized carbons (Fsp3) is 0.750. The lowest BCUT2D eigenvalue weighted by molar-refractivity contribution is -0.140. The molecule has 4 bridgehead atoms. The number of nitrogens with zero attached hydrogens (tertiary/aromatic N) is 2. The summed E-state index contributed by atoms with van der Waals surface area (Å²) in [4.78, 5) is 32.6. The molecule has 0 unspecified atom stereocenters. The molecule has 4 aliphatic carbocycles. The predicted molar refractivity (Wildman–Crippen MR) is 102 cm³/mol. The van der Waals surface area contributed by atoms with Crippen LogP contribution >= 0.6 is 11.3 Å². The van der Waals surface area contributed by atoms with Gasteiger partial charge in [0.2, 0.25) is 5.91 Å². The maximum Gasteiger partial charge on any atom is 0.410 e. The van der Waals surface area contributed by atoms with Crippen molar-refractivity contribution in [3.63, 3.8) is 0 Å². The van der Waals surface area contributed by atoms with Crippen LogP contribution in [-0.4, -0.2) is 35.0 Å². The van der Waals surface area contributed by atoms with Crippen LogP contribution in [0.2, 0.25) is 0 Å². The fourth-order valence-electron chi connectivity index (χ4n) is 6.24. The van der Waals surface area contributed by atoms with Crippen molar-refractivity contribution in [3.8, 4) is 0 Å². The number of aromatic nitrogens is 1. The van der Waals surface area contributed by atoms with Gasteiger partial charge in [-0.25, -0.2) is 9.78 Å². The van der Waals surface area contributed by atoms with Crippen molar-refractivity contribution in [1.82, 2.24) is 9.88 Å². The van der Waals surface area contributed by atoms with E-state index >= 15 is 0 Å². The summed E-state index contributed by atoms with van der Waals surface area (Å²) in [5, 5.41) is 3.86. The number of anilines is 1. The predicted octanol–water partition coefficient (Wildman–Crippen LogP) is 3.81. The van der Waals surface area contributed by atoms with Crippen molar-refractivity contribution in [3.05, 3.63) is 10.6 Å². The minimum atomic E-state index is -0.268. The molecule has 146 valence electrons. The Morgan fingerprint density at radius 2 is 1.89 bits per heavy atom. The SMILES string of the molecule is CCOC(=O)N1CCc2nc(NC(=O)C34CC5CC(CC(C5)C3)C4)sc2C1. The van der Waals surface area contributed by atoms with E-state index in [4.69, 9.17) is 4.74 Å². The fourth-order valence-corrected chi connectivity index (χ4v) is 7.26. The second-order valence-electron chi connectivity index (χ2n) is 8.91. The lowest BCUT2D eigenvalue weighted by atomic mass is 9.49. The third-order valence-electron chi connectivity index (χ3n) is 7.00. The highest BCUT2D eigenvalue weighted by atomic mass is 32.1. The zero-order valence-corrected chi connectivity index (χ0v) is 16.6. The molecule has 1 N–H and O–H groups in total. The van der Waals surface area contributed by atoms with Gasteiger partial charge >= 0.3 is 6.09 Å². The first-order chi connectivity index (χ1) is 13.0. The summed E-state index contributed by atoms with van der Waals surface area (Å²) >= 11 is 1.51. The van der Waals surface area contributed by atoms with Gasteiger partial charge in [0, 0.05) is 17.8 Å². The number of carbonyl (C=O) groups excluding carboxylic acids is 2. The quantitative estimate of drug-likeness (QED) is 0.853. The van der Waals surface area contributed by atoms with Gasteiger partial charge in [0.05, 0.1) is 24.3 Å². The molecule has 1 aromatic heterocycles. The Bertz CT molecular complexity index is 739. The molecule has 4 fully saturated rings. The zero-order chi connectivity index (χ0) is 18.6. The van der Waals surface area contributed by atoms with Crippen LogP contribution in [0.15, 0.2) is 0 Å². The maximum absolute atomic E-state index is 13.2. The largest absolute Gasteiger partial charge is 0.450 e. The molecule has 6 nitrogen and oxygen atoms in total. The zero-order valence-electron chi connectivity index (χ0n) is 15.8. The topological polar surface area (TPSA) is 71.5 Å². The molecule has 1 aromatic rings. The van der Waals surface area contributed by atoms with Crippen LogP contribution in [0.1, 0.15) is 56.0 Å². The molecule has 1 aliphatic heterocycles. The van der Waals surface area contributed by atoms with Crippen molar-refractivity contribution in [2.45, 2.75) is 58.4 Å². The summed E-state index contributed by atoms with van der Waals surface area (Å²) in [5.74, 6) is 2.45. The number of amides is 2. The first-order valence-electron chi connectivity index (χ1n) is 10.3. The smallest absolute Gasteiger partial charge is 0.410 e. The molecule has 2 heterocycles. The molecule has 27 heavy (non-hydrogen) atoms. The molecule has 0 spiro atoms. The van der Waals surface area contributed by atoms with Gasteiger partial charge in [-0.1, -0.05) is 11.3 Å². The van der Waals surface area contributed by atoms with Crippen LogP contribution in [0.3, 0.4) is 0 Å². The maximum atomic E-state index is 13.2. The van der Waals surface area contributed by atoms with Crippen molar-refractivity contribution in [2.75, 3.05) is 18.5 Å². The van der Waals surface area contributed by atoms with E-state index in [-0.39, 0.29) is 17.4 Å². The van der Waals surface area contributed by atoms with E-state index < -0.39 is 0 Å². The van der Waals surface area contributed by atoms with Gasteiger partial charge in [-0.3, -0.25) is 4.79 Å². The second kappa shape index (κ2) is 6.47. The summed E-state index contributed by atoms with van der Waals surface area (Å²) in [6.07, 6.45) is 7.64. The van der Waals surface area contributed by atoms with Gasteiger partial charge in [-0.05, 0) is 63.2 Å². The van der Waals surface area contributed by atoms with Crippen LogP contribution in [0.25, 0.3) is 0 Å². The number of rotatable bonds is 3. The highest BCUT2D eigenvalue weighted by Gasteiger charge is 2.54. The summed E-state index contributed by atoms with van der Waals surface area (Å²) in [7, 11) is 0. The third-order valence-corrected chi connectivity index (χ3v) is 8.00. The van der Waals surface area contributed by atoms with Gasteiger partial charge < -0.3 is 15.0 Å². The number of ether oxygens (including phenoxy) is 1. The molecule has 0 atom stereocenters. The summed E-state index contributed by atoms with van der Waals surface area (Å²) in [6.45, 7) is 3.35. The lowest BCUT2D eigenvalue weighted by Crippen LogP contribution is -2.51. The van der Waals surface area contributed by atoms with Crippen molar-refractivity contribution >= 4 is 28.5 Å². The molecule has 2 amide bonds. The van der Waals surface area contributed by atoms with Gasteiger partial charge in [0.1, 0.15) is 0 Å². The van der Waals surface area contributed by atoms with Crippen LogP contribution in [-0.2, 0) is 22.5 Å². The molecule has 0 saturated heterocycles. The first kappa shape index (κ1) is 17.5. The Kier molecular flexibility index (Phi) is 4.18. The van der Waals surface area contributed by atoms with Crippen LogP contribution in [0, 0.1) is 23.2 Å². The Balaban J connectivity index is 1.29. The van der Waals surface area contributed by atoms with Gasteiger partial charge in [-0.15, -0.1) is 0 Å². The number of hydrogen-bond acceptors (Lipinski definition) is 5. The molecule has 4 saturated carbocycles. The van der Waals surface area contributed by atoms with Crippen LogP contribution in [0.5, 0.6) is 0 Å². The molecule has 6 rings (SSSR count). The highest BCUT2D eigenvalue weighted by molar-refractivity contribution is 7.15. The number of nitrogens with one attached hydrogen (secondary N) is 1. The Labute approximate surface area is 163 Å². The number of fused-ring (bicyclic) bond motifs is 1. The normalized spacial score (nSPS) is 33.7. The molecule has 0 aromatic carbocycles. The van der Waals surface area contributed by atoms with E-state index in [1.807, 2.05) is 6.92 Å². The summed E-state index contributed by atoms with van der Waals surface area (Å²) < 4.78 is 5.11. The van der Waals surface area contributed by atoms with Crippen molar-refractivity contribution in [1.29, 1.82) is 0 Å². The Morgan fingerprint density at radius 1 is 1.22 bits per heavy atom. The minimum absolute atomic E-state index is 0.155. The van der Waals surface area contributed by atoms with Crippen LogP contribution in [0.4, 0.5) is 9.93 Å². The van der Waals surface area contributed by atoms with E-state index in [1.165, 1.54) is 30.6 Å². The molecular formula is C20H27N3O3S. The van der Waals surface area contributed by atoms with E-state index in [1.54, 1.807) is 4.90 Å². The molecule has 5 aliphatic rings. The monoisotopic (exact) mass is 389 g/mol. The van der Waals surface area contributed by atoms with Gasteiger partial charge in [-0.2, -0.15) is 0 Å². The molecule has 7 heteroatoms. The van der Waals surface area contributed by atoms with E-state index in [0.717, 1.165) is 54.0 Å². The molecule has 0 radical (unpaired) electrons. The number of carbonyl (C=O) groups is 2. The lowest BCUT2D eigenvalue weighted by Gasteiger charge is -2.55. The summed E-state index contributed by atoms with van der Waals surface area (Å²) in [6, 6.07) is 0. The van der Waals surface area contributed by atoms with E-state index in [9.17, 15) is 9.59 Å². The van der Waals surface area contributed by atoms with Gasteiger partial charge in [0.15, 0.2) is 5.13 Å². The van der Waals surface area contributed by atoms with Crippen LogP contribution < -0.4 is 5.32 Å². The second-order valence-corrected chi connectivity index (χ2v) is 9.99. The first-order valence-corrected chi connectivity index (χ1v) is 11.1. The number of thiazole rings is 1. The average Bonchev–Trinajstić information content (AvgIpc) is 3.02. The Morgan fingerprint density at radius 3 is 2.52 bits per heavy atom. The van der Waals surface area contributed by atoms with E-state index in [0.29, 0.717) is 24.8 Å². The third kappa shape index (κ3) is 3.04. The average molecular weight is 390 g/mol. The number of hydrogen-bond donors (Lipinski definition) is 1. The van der Waals surface area contributed by atoms with Gasteiger partial charge in [0.25, 0.3) is 0 Å². The Hall–Kier alpha value is -1.63. The minimum Gasteiger partial charge on any atom is -0.450 e. The standard InChI is InChI=1S/C20H27N3O3S/c1-2-26-19(25)23-4-3-15-16(11-23)27-18(21-15)22-17(24)20-8-12-5-13(9-20)7-14(6-12)10-20/h12-14H,2-11H2,1H3,(H,21,22,24). The van der Waals surface area contributed by atoms with E-state index in [2.05, 4.69) is 10.3 Å². The highest BCUT2D eigenvalue weighted by Crippen LogP contribution is 2.60. The molecular weight excluding hydrogens is 362 g/mol. The van der Waals surface area contributed by atoms with Crippen molar-refractivity contribution < 1.29 is 14.3 Å². The van der Waals surface area contributed by atoms with Crippen molar-refractivity contribution in [2.24, 2.45) is 23.2 Å². The summed E-state index contributed by atoms with van der Waals surface area (Å²) in [5.41, 5.74) is 0.860.